The highest BCUT2D eigenvalue weighted by atomic mass is 19.1. The minimum atomic E-state index is -0.757. The summed E-state index contributed by atoms with van der Waals surface area (Å²) in [5, 5.41) is 1.95. The van der Waals surface area contributed by atoms with Gasteiger partial charge < -0.3 is 0 Å². The van der Waals surface area contributed by atoms with Crippen LogP contribution in [0.3, 0.4) is 0 Å². The van der Waals surface area contributed by atoms with E-state index in [9.17, 15) is 14.0 Å². The zero-order valence-corrected chi connectivity index (χ0v) is 6.87. The van der Waals surface area contributed by atoms with Gasteiger partial charge in [-0.1, -0.05) is 0 Å². The normalized spacial score (nSPS) is 9.38. The Kier molecular flexibility index (Phi) is 2.69. The summed E-state index contributed by atoms with van der Waals surface area (Å²) < 4.78 is 12.9. The number of nitrogens with one attached hydrogen (secondary N) is 1. The van der Waals surface area contributed by atoms with Crippen molar-refractivity contribution in [3.63, 3.8) is 0 Å². The van der Waals surface area contributed by atoms with Crippen LogP contribution in [-0.2, 0) is 4.79 Å². The molecule has 0 atom stereocenters. The maximum Gasteiger partial charge on any atom is 0.260 e. The molecule has 0 aliphatic carbocycles. The Morgan fingerprint density at radius 3 is 2.77 bits per heavy atom. The lowest BCUT2D eigenvalue weighted by molar-refractivity contribution is -0.118. The van der Waals surface area contributed by atoms with Gasteiger partial charge in [0.05, 0.1) is 11.8 Å². The molecule has 1 heterocycles. The topological polar surface area (TPSA) is 59.1 Å². The van der Waals surface area contributed by atoms with Crippen molar-refractivity contribution >= 4 is 11.8 Å². The molecule has 0 fully saturated rings. The number of amides is 2. The molecule has 4 nitrogen and oxygen atoms in total. The maximum absolute atomic E-state index is 12.9. The van der Waals surface area contributed by atoms with Crippen LogP contribution in [0.15, 0.2) is 18.5 Å². The number of aromatic nitrogens is 1. The summed E-state index contributed by atoms with van der Waals surface area (Å²) in [6.07, 6.45) is 2.19. The average Bonchev–Trinajstić information content (AvgIpc) is 2.03. The van der Waals surface area contributed by atoms with Gasteiger partial charge in [-0.3, -0.25) is 19.9 Å². The molecule has 0 spiro atoms. The Balaban J connectivity index is 2.89. The van der Waals surface area contributed by atoms with E-state index in [1.54, 1.807) is 0 Å². The molecule has 0 radical (unpaired) electrons. The first-order valence-corrected chi connectivity index (χ1v) is 3.52. The molecule has 5 heteroatoms. The van der Waals surface area contributed by atoms with Crippen molar-refractivity contribution in [3.8, 4) is 0 Å². The number of carbonyl (C=O) groups excluding carboxylic acids is 2. The molecule has 0 aliphatic rings. The van der Waals surface area contributed by atoms with Gasteiger partial charge in [0.25, 0.3) is 5.91 Å². The van der Waals surface area contributed by atoms with Crippen LogP contribution < -0.4 is 5.32 Å². The summed E-state index contributed by atoms with van der Waals surface area (Å²) in [6.45, 7) is 1.18. The summed E-state index contributed by atoms with van der Waals surface area (Å²) in [4.78, 5) is 25.0. The van der Waals surface area contributed by atoms with Crippen LogP contribution in [-0.4, -0.2) is 16.8 Å². The minimum Gasteiger partial charge on any atom is -0.292 e. The van der Waals surface area contributed by atoms with Crippen LogP contribution in [0.4, 0.5) is 4.39 Å². The van der Waals surface area contributed by atoms with Crippen molar-refractivity contribution in [3.05, 3.63) is 29.8 Å². The third-order valence-electron chi connectivity index (χ3n) is 1.31. The summed E-state index contributed by atoms with van der Waals surface area (Å²) in [5.74, 6) is -2.03. The molecular formula is C8H7FN2O2. The van der Waals surface area contributed by atoms with E-state index in [-0.39, 0.29) is 5.56 Å². The summed E-state index contributed by atoms with van der Waals surface area (Å²) in [5.41, 5.74) is -0.190. The molecule has 2 amide bonds. The molecule has 1 aromatic heterocycles. The number of hydrogen-bond donors (Lipinski definition) is 1. The first kappa shape index (κ1) is 9.31. The second-order valence-electron chi connectivity index (χ2n) is 2.37. The SMILES string of the molecule is CC(=O)NC(=O)c1ccncc1F. The van der Waals surface area contributed by atoms with Crippen LogP contribution in [0.25, 0.3) is 0 Å². The highest BCUT2D eigenvalue weighted by Crippen LogP contribution is 2.03. The number of pyridine rings is 1. The van der Waals surface area contributed by atoms with Crippen molar-refractivity contribution < 1.29 is 14.0 Å². The Bertz CT molecular complexity index is 352. The number of imide groups is 1. The van der Waals surface area contributed by atoms with Gasteiger partial charge in [0.1, 0.15) is 0 Å². The molecule has 0 aliphatic heterocycles. The number of carbonyl (C=O) groups is 2. The van der Waals surface area contributed by atoms with Crippen LogP contribution >= 0.6 is 0 Å². The van der Waals surface area contributed by atoms with Crippen molar-refractivity contribution in [2.45, 2.75) is 6.92 Å². The predicted octanol–water partition coefficient (Wildman–Crippen LogP) is 0.497. The molecule has 68 valence electrons. The van der Waals surface area contributed by atoms with E-state index in [0.717, 1.165) is 6.20 Å². The third kappa shape index (κ3) is 2.33. The Labute approximate surface area is 73.8 Å². The van der Waals surface area contributed by atoms with Crippen LogP contribution in [0, 0.1) is 5.82 Å². The van der Waals surface area contributed by atoms with Crippen molar-refractivity contribution in [2.75, 3.05) is 0 Å². The zero-order valence-electron chi connectivity index (χ0n) is 6.87. The smallest absolute Gasteiger partial charge is 0.260 e. The highest BCUT2D eigenvalue weighted by molar-refractivity contribution is 6.04. The monoisotopic (exact) mass is 182 g/mol. The second kappa shape index (κ2) is 3.75. The van der Waals surface area contributed by atoms with Crippen molar-refractivity contribution in [1.82, 2.24) is 10.3 Å². The zero-order chi connectivity index (χ0) is 9.84. The first-order valence-electron chi connectivity index (χ1n) is 3.52. The largest absolute Gasteiger partial charge is 0.292 e. The van der Waals surface area contributed by atoms with Gasteiger partial charge >= 0.3 is 0 Å². The summed E-state index contributed by atoms with van der Waals surface area (Å²) in [7, 11) is 0. The van der Waals surface area contributed by atoms with E-state index in [0.29, 0.717) is 0 Å². The fourth-order valence-corrected chi connectivity index (χ4v) is 0.787. The Morgan fingerprint density at radius 1 is 1.54 bits per heavy atom. The van der Waals surface area contributed by atoms with Gasteiger partial charge in [0.2, 0.25) is 5.91 Å². The van der Waals surface area contributed by atoms with Gasteiger partial charge in [0.15, 0.2) is 5.82 Å². The number of hydrogen-bond acceptors (Lipinski definition) is 3. The van der Waals surface area contributed by atoms with Crippen LogP contribution in [0.1, 0.15) is 17.3 Å². The quantitative estimate of drug-likeness (QED) is 0.687. The molecular weight excluding hydrogens is 175 g/mol. The number of halogens is 1. The van der Waals surface area contributed by atoms with E-state index in [2.05, 4.69) is 4.98 Å². The van der Waals surface area contributed by atoms with E-state index >= 15 is 0 Å². The van der Waals surface area contributed by atoms with Gasteiger partial charge in [-0.2, -0.15) is 0 Å². The lowest BCUT2D eigenvalue weighted by atomic mass is 10.2. The van der Waals surface area contributed by atoms with Crippen molar-refractivity contribution in [2.24, 2.45) is 0 Å². The minimum absolute atomic E-state index is 0.190. The molecule has 0 saturated carbocycles. The average molecular weight is 182 g/mol. The van der Waals surface area contributed by atoms with E-state index in [1.165, 1.54) is 19.2 Å². The Hall–Kier alpha value is -1.78. The molecule has 13 heavy (non-hydrogen) atoms. The number of rotatable bonds is 1. The van der Waals surface area contributed by atoms with Crippen LogP contribution in [0.5, 0.6) is 0 Å². The van der Waals surface area contributed by atoms with E-state index in [1.807, 2.05) is 5.32 Å². The predicted molar refractivity (Wildman–Crippen MR) is 42.3 cm³/mol. The molecule has 0 saturated heterocycles. The molecule has 1 rings (SSSR count). The van der Waals surface area contributed by atoms with Gasteiger partial charge in [-0.25, -0.2) is 4.39 Å². The fraction of sp³-hybridized carbons (Fsp3) is 0.125. The van der Waals surface area contributed by atoms with Gasteiger partial charge in [0, 0.05) is 13.1 Å². The fourth-order valence-electron chi connectivity index (χ4n) is 0.787. The standard InChI is InChI=1S/C8H7FN2O2/c1-5(12)11-8(13)6-2-3-10-4-7(6)9/h2-4H,1H3,(H,11,12,13). The van der Waals surface area contributed by atoms with E-state index < -0.39 is 17.6 Å². The summed E-state index contributed by atoms with van der Waals surface area (Å²) >= 11 is 0. The molecule has 1 N–H and O–H groups in total. The Morgan fingerprint density at radius 2 is 2.23 bits per heavy atom. The molecule has 0 aromatic carbocycles. The van der Waals surface area contributed by atoms with Gasteiger partial charge in [-0.15, -0.1) is 0 Å². The lowest BCUT2D eigenvalue weighted by Gasteiger charge is -2.00. The molecule has 1 aromatic rings. The van der Waals surface area contributed by atoms with Crippen LogP contribution in [0.2, 0.25) is 0 Å². The number of nitrogens with zero attached hydrogens (tertiary/aromatic N) is 1. The molecule has 0 unspecified atom stereocenters. The summed E-state index contributed by atoms with van der Waals surface area (Å²) in [6, 6.07) is 1.20. The highest BCUT2D eigenvalue weighted by Gasteiger charge is 2.11. The van der Waals surface area contributed by atoms with E-state index in [4.69, 9.17) is 0 Å². The maximum atomic E-state index is 12.9. The molecule has 0 bridgehead atoms. The van der Waals surface area contributed by atoms with Gasteiger partial charge in [-0.05, 0) is 6.07 Å². The second-order valence-corrected chi connectivity index (χ2v) is 2.37. The van der Waals surface area contributed by atoms with Crippen molar-refractivity contribution in [1.29, 1.82) is 0 Å². The third-order valence-corrected chi connectivity index (χ3v) is 1.31. The lowest BCUT2D eigenvalue weighted by Crippen LogP contribution is -2.28. The first-order chi connectivity index (χ1) is 6.11.